The van der Waals surface area contributed by atoms with Gasteiger partial charge in [0.15, 0.2) is 0 Å². The van der Waals surface area contributed by atoms with Crippen LogP contribution in [0.25, 0.3) is 0 Å². The van der Waals surface area contributed by atoms with E-state index in [1.165, 1.54) is 77.7 Å². The molecule has 132 valence electrons. The fraction of sp³-hybridized carbons (Fsp3) is 0.714. The first kappa shape index (κ1) is 16.6. The van der Waals surface area contributed by atoms with Gasteiger partial charge in [0.2, 0.25) is 0 Å². The number of nitrogens with zero attached hydrogens (tertiary/aromatic N) is 2. The lowest BCUT2D eigenvalue weighted by molar-refractivity contribution is 0.111. The monoisotopic (exact) mass is 327 g/mol. The SMILES string of the molecule is c1cc2c(cc1C(CN1CCNCC1)N1CCCCC1)CCCC2. The van der Waals surface area contributed by atoms with Gasteiger partial charge in [-0.3, -0.25) is 9.80 Å². The Morgan fingerprint density at radius 1 is 0.833 bits per heavy atom. The second kappa shape index (κ2) is 7.99. The Bertz CT molecular complexity index is 530. The lowest BCUT2D eigenvalue weighted by Gasteiger charge is -2.39. The van der Waals surface area contributed by atoms with Gasteiger partial charge < -0.3 is 5.32 Å². The molecule has 3 heteroatoms. The second-order valence-electron chi connectivity index (χ2n) is 7.90. The highest BCUT2D eigenvalue weighted by atomic mass is 15.2. The third kappa shape index (κ3) is 3.84. The van der Waals surface area contributed by atoms with Gasteiger partial charge in [0, 0.05) is 38.8 Å². The highest BCUT2D eigenvalue weighted by Gasteiger charge is 2.26. The van der Waals surface area contributed by atoms with E-state index in [4.69, 9.17) is 0 Å². The number of nitrogens with one attached hydrogen (secondary N) is 1. The number of hydrogen-bond donors (Lipinski definition) is 1. The number of benzene rings is 1. The molecule has 0 bridgehead atoms. The third-order valence-corrected chi connectivity index (χ3v) is 6.23. The van der Waals surface area contributed by atoms with Crippen molar-refractivity contribution in [3.8, 4) is 0 Å². The summed E-state index contributed by atoms with van der Waals surface area (Å²) in [5.41, 5.74) is 4.83. The minimum atomic E-state index is 0.593. The molecule has 3 aliphatic rings. The van der Waals surface area contributed by atoms with E-state index in [1.54, 1.807) is 16.7 Å². The van der Waals surface area contributed by atoms with Gasteiger partial charge in [0.05, 0.1) is 0 Å². The van der Waals surface area contributed by atoms with E-state index in [0.717, 1.165) is 13.1 Å². The molecule has 2 aliphatic heterocycles. The van der Waals surface area contributed by atoms with Gasteiger partial charge in [0.1, 0.15) is 0 Å². The summed E-state index contributed by atoms with van der Waals surface area (Å²) in [7, 11) is 0. The molecule has 1 aromatic carbocycles. The van der Waals surface area contributed by atoms with Crippen molar-refractivity contribution < 1.29 is 0 Å². The van der Waals surface area contributed by atoms with Crippen molar-refractivity contribution in [1.29, 1.82) is 0 Å². The van der Waals surface area contributed by atoms with Gasteiger partial charge in [0.25, 0.3) is 0 Å². The average Bonchev–Trinajstić information content (AvgIpc) is 2.67. The molecule has 0 amide bonds. The van der Waals surface area contributed by atoms with Crippen molar-refractivity contribution in [1.82, 2.24) is 15.1 Å². The lowest BCUT2D eigenvalue weighted by atomic mass is 9.88. The van der Waals surface area contributed by atoms with Crippen molar-refractivity contribution in [3.05, 3.63) is 34.9 Å². The number of rotatable bonds is 4. The Labute approximate surface area is 147 Å². The van der Waals surface area contributed by atoms with Gasteiger partial charge in [-0.25, -0.2) is 0 Å². The summed E-state index contributed by atoms with van der Waals surface area (Å²) in [5, 5.41) is 3.49. The molecule has 2 heterocycles. The van der Waals surface area contributed by atoms with Crippen molar-refractivity contribution >= 4 is 0 Å². The summed E-state index contributed by atoms with van der Waals surface area (Å²) in [6.45, 7) is 8.49. The number of piperidine rings is 1. The van der Waals surface area contributed by atoms with E-state index in [1.807, 2.05) is 0 Å². The van der Waals surface area contributed by atoms with Crippen LogP contribution < -0.4 is 5.32 Å². The van der Waals surface area contributed by atoms with Crippen LogP contribution in [-0.2, 0) is 12.8 Å². The smallest absolute Gasteiger partial charge is 0.0475 e. The molecule has 1 unspecified atom stereocenters. The first-order valence-electron chi connectivity index (χ1n) is 10.2. The molecule has 3 nitrogen and oxygen atoms in total. The van der Waals surface area contributed by atoms with E-state index in [9.17, 15) is 0 Å². The molecule has 0 spiro atoms. The predicted molar refractivity (Wildman–Crippen MR) is 101 cm³/mol. The topological polar surface area (TPSA) is 18.5 Å². The van der Waals surface area contributed by atoms with Crippen LogP contribution in [-0.4, -0.2) is 55.6 Å². The number of aryl methyl sites for hydroxylation is 2. The molecular weight excluding hydrogens is 294 g/mol. The minimum absolute atomic E-state index is 0.593. The van der Waals surface area contributed by atoms with Crippen LogP contribution in [0.2, 0.25) is 0 Å². The normalized spacial score (nSPS) is 24.5. The Morgan fingerprint density at radius 2 is 1.58 bits per heavy atom. The molecular formula is C21H33N3. The average molecular weight is 328 g/mol. The summed E-state index contributed by atoms with van der Waals surface area (Å²) >= 11 is 0. The maximum absolute atomic E-state index is 3.49. The molecule has 4 rings (SSSR count). The van der Waals surface area contributed by atoms with E-state index in [2.05, 4.69) is 33.3 Å². The highest BCUT2D eigenvalue weighted by molar-refractivity contribution is 5.35. The molecule has 0 aromatic heterocycles. The maximum Gasteiger partial charge on any atom is 0.0475 e. The van der Waals surface area contributed by atoms with Gasteiger partial charge in [-0.15, -0.1) is 0 Å². The van der Waals surface area contributed by atoms with Gasteiger partial charge in [-0.1, -0.05) is 24.6 Å². The molecule has 24 heavy (non-hydrogen) atoms. The van der Waals surface area contributed by atoms with Gasteiger partial charge in [-0.05, 0) is 68.3 Å². The Hall–Kier alpha value is -0.900. The number of piperazine rings is 1. The summed E-state index contributed by atoms with van der Waals surface area (Å²) < 4.78 is 0. The lowest BCUT2D eigenvalue weighted by Crippen LogP contribution is -2.48. The van der Waals surface area contributed by atoms with E-state index in [-0.39, 0.29) is 0 Å². The van der Waals surface area contributed by atoms with Crippen LogP contribution in [0.1, 0.15) is 54.8 Å². The molecule has 1 aromatic rings. The zero-order chi connectivity index (χ0) is 16.2. The summed E-state index contributed by atoms with van der Waals surface area (Å²) in [6.07, 6.45) is 9.52. The van der Waals surface area contributed by atoms with E-state index >= 15 is 0 Å². The largest absolute Gasteiger partial charge is 0.314 e. The zero-order valence-corrected chi connectivity index (χ0v) is 15.1. The Morgan fingerprint density at radius 3 is 2.38 bits per heavy atom. The zero-order valence-electron chi connectivity index (χ0n) is 15.1. The quantitative estimate of drug-likeness (QED) is 0.917. The van der Waals surface area contributed by atoms with Crippen LogP contribution in [0.5, 0.6) is 0 Å². The van der Waals surface area contributed by atoms with Crippen molar-refractivity contribution in [2.24, 2.45) is 0 Å². The molecule has 0 radical (unpaired) electrons. The number of fused-ring (bicyclic) bond motifs is 1. The first-order chi connectivity index (χ1) is 11.9. The summed E-state index contributed by atoms with van der Waals surface area (Å²) in [6, 6.07) is 8.05. The summed E-state index contributed by atoms with van der Waals surface area (Å²) in [5.74, 6) is 0. The van der Waals surface area contributed by atoms with Crippen LogP contribution in [0, 0.1) is 0 Å². The standard InChI is InChI=1S/C21H33N3/c1-4-12-24(13-5-1)21(17-23-14-10-22-11-15-23)20-9-8-18-6-2-3-7-19(18)16-20/h8-9,16,21-22H,1-7,10-15,17H2. The van der Waals surface area contributed by atoms with Crippen molar-refractivity contribution in [2.75, 3.05) is 45.8 Å². The summed E-state index contributed by atoms with van der Waals surface area (Å²) in [4.78, 5) is 5.45. The van der Waals surface area contributed by atoms with Crippen LogP contribution >= 0.6 is 0 Å². The second-order valence-corrected chi connectivity index (χ2v) is 7.90. The van der Waals surface area contributed by atoms with E-state index < -0.39 is 0 Å². The Balaban J connectivity index is 1.56. The van der Waals surface area contributed by atoms with Gasteiger partial charge >= 0.3 is 0 Å². The number of hydrogen-bond acceptors (Lipinski definition) is 3. The maximum atomic E-state index is 3.49. The molecule has 0 saturated carbocycles. The third-order valence-electron chi connectivity index (χ3n) is 6.23. The van der Waals surface area contributed by atoms with Gasteiger partial charge in [-0.2, -0.15) is 0 Å². The highest BCUT2D eigenvalue weighted by Crippen LogP contribution is 2.30. The molecule has 2 fully saturated rings. The number of likely N-dealkylation sites (tertiary alicyclic amines) is 1. The van der Waals surface area contributed by atoms with Crippen molar-refractivity contribution in [2.45, 2.75) is 51.0 Å². The molecule has 2 saturated heterocycles. The Kier molecular flexibility index (Phi) is 5.51. The van der Waals surface area contributed by atoms with Crippen LogP contribution in [0.15, 0.2) is 18.2 Å². The van der Waals surface area contributed by atoms with E-state index in [0.29, 0.717) is 6.04 Å². The van der Waals surface area contributed by atoms with Crippen LogP contribution in [0.3, 0.4) is 0 Å². The minimum Gasteiger partial charge on any atom is -0.314 e. The molecule has 1 N–H and O–H groups in total. The predicted octanol–water partition coefficient (Wildman–Crippen LogP) is 3.00. The fourth-order valence-corrected chi connectivity index (χ4v) is 4.76. The van der Waals surface area contributed by atoms with Crippen molar-refractivity contribution in [3.63, 3.8) is 0 Å². The molecule has 1 atom stereocenters. The van der Waals surface area contributed by atoms with Crippen LogP contribution in [0.4, 0.5) is 0 Å². The fourth-order valence-electron chi connectivity index (χ4n) is 4.76. The first-order valence-corrected chi connectivity index (χ1v) is 10.2. The molecule has 1 aliphatic carbocycles.